The van der Waals surface area contributed by atoms with Crippen LogP contribution < -0.4 is 26.8 Å². The Morgan fingerprint density at radius 3 is 2.67 bits per heavy atom. The molecule has 1 unspecified atom stereocenters. The maximum absolute atomic E-state index is 11.6. The summed E-state index contributed by atoms with van der Waals surface area (Å²) in [6.07, 6.45) is -0.730. The van der Waals surface area contributed by atoms with Crippen molar-refractivity contribution in [1.82, 2.24) is 4.98 Å². The van der Waals surface area contributed by atoms with Gasteiger partial charge in [-0.25, -0.2) is 4.98 Å². The quantitative estimate of drug-likeness (QED) is 0.342. The number of rotatable bonds is 11. The smallest absolute Gasteiger partial charge is 0.325 e. The second kappa shape index (κ2) is 11.3. The largest absolute Gasteiger partial charge is 0.491 e. The minimum atomic E-state index is -0.730. The van der Waals surface area contributed by atoms with Crippen molar-refractivity contribution in [2.75, 3.05) is 37.4 Å². The van der Waals surface area contributed by atoms with Crippen molar-refractivity contribution < 1.29 is 19.4 Å². The summed E-state index contributed by atoms with van der Waals surface area (Å²) in [7, 11) is 1.34. The lowest BCUT2D eigenvalue weighted by molar-refractivity contribution is -0.138. The molecule has 9 heteroatoms. The number of carbonyl (C=O) groups excluding carboxylic acids is 1. The van der Waals surface area contributed by atoms with Gasteiger partial charge in [0.15, 0.2) is 0 Å². The van der Waals surface area contributed by atoms with Crippen LogP contribution in [0, 0.1) is 0 Å². The number of carbonyl (C=O) groups is 1. The highest BCUT2D eigenvalue weighted by molar-refractivity contribution is 5.78. The van der Waals surface area contributed by atoms with Crippen LogP contribution in [0.2, 0.25) is 0 Å². The number of ether oxygens (including phenoxy) is 2. The number of pyridine rings is 1. The van der Waals surface area contributed by atoms with Crippen LogP contribution in [0.25, 0.3) is 11.3 Å². The van der Waals surface area contributed by atoms with E-state index in [0.29, 0.717) is 22.9 Å². The first-order valence-electron chi connectivity index (χ1n) is 9.80. The molecule has 1 aromatic carbocycles. The molecule has 0 aliphatic heterocycles. The summed E-state index contributed by atoms with van der Waals surface area (Å²) in [5.41, 5.74) is 14.3. The van der Waals surface area contributed by atoms with Crippen LogP contribution >= 0.6 is 0 Å². The molecule has 0 amide bonds. The first-order valence-corrected chi connectivity index (χ1v) is 9.80. The van der Waals surface area contributed by atoms with Gasteiger partial charge >= 0.3 is 5.97 Å². The van der Waals surface area contributed by atoms with Crippen molar-refractivity contribution in [3.63, 3.8) is 0 Å². The van der Waals surface area contributed by atoms with Crippen molar-refractivity contribution in [3.05, 3.63) is 35.9 Å². The number of hydrogen-bond acceptors (Lipinski definition) is 9. The standard InChI is InChI=1S/C21H31N5O4/c1-13(2)25-21-17(10-23)19(24-11-20(28)29-3)8-18(26-21)14-5-4-6-16(7-14)30-12-15(27)9-22/h4-8,13,15,27H,9-12,22-23H2,1-3H3,(H2,24,25,26). The third kappa shape index (κ3) is 6.58. The first kappa shape index (κ1) is 23.4. The van der Waals surface area contributed by atoms with E-state index in [9.17, 15) is 9.90 Å². The van der Waals surface area contributed by atoms with Gasteiger partial charge in [-0.3, -0.25) is 4.79 Å². The molecule has 1 atom stereocenters. The summed E-state index contributed by atoms with van der Waals surface area (Å²) < 4.78 is 10.3. The average molecular weight is 418 g/mol. The normalized spacial score (nSPS) is 11.8. The second-order valence-corrected chi connectivity index (χ2v) is 7.04. The number of methoxy groups -OCH3 is 1. The third-order valence-corrected chi connectivity index (χ3v) is 4.25. The summed E-state index contributed by atoms with van der Waals surface area (Å²) in [5, 5.41) is 16.0. The molecule has 0 radical (unpaired) electrons. The van der Waals surface area contributed by atoms with E-state index in [1.54, 1.807) is 6.07 Å². The second-order valence-electron chi connectivity index (χ2n) is 7.04. The lowest BCUT2D eigenvalue weighted by atomic mass is 10.1. The minimum Gasteiger partial charge on any atom is -0.491 e. The average Bonchev–Trinajstić information content (AvgIpc) is 2.75. The van der Waals surface area contributed by atoms with E-state index >= 15 is 0 Å². The molecule has 2 rings (SSSR count). The molecule has 0 saturated carbocycles. The number of aromatic nitrogens is 1. The summed E-state index contributed by atoms with van der Waals surface area (Å²) in [4.78, 5) is 16.3. The summed E-state index contributed by atoms with van der Waals surface area (Å²) >= 11 is 0. The van der Waals surface area contributed by atoms with Crippen molar-refractivity contribution in [3.8, 4) is 17.0 Å². The molecule has 0 aliphatic rings. The van der Waals surface area contributed by atoms with E-state index in [-0.39, 0.29) is 38.3 Å². The Kier molecular flexibility index (Phi) is 8.85. The molecule has 1 heterocycles. The molecule has 1 aromatic heterocycles. The van der Waals surface area contributed by atoms with E-state index in [0.717, 1.165) is 11.1 Å². The van der Waals surface area contributed by atoms with Gasteiger partial charge < -0.3 is 36.7 Å². The van der Waals surface area contributed by atoms with Gasteiger partial charge in [0.05, 0.1) is 12.8 Å². The Bertz CT molecular complexity index is 844. The van der Waals surface area contributed by atoms with Crippen LogP contribution in [0.1, 0.15) is 19.4 Å². The monoisotopic (exact) mass is 417 g/mol. The molecule has 2 aromatic rings. The predicted octanol–water partition coefficient (Wildman–Crippen LogP) is 1.31. The van der Waals surface area contributed by atoms with Gasteiger partial charge in [-0.2, -0.15) is 0 Å². The van der Waals surface area contributed by atoms with Crippen molar-refractivity contribution in [1.29, 1.82) is 0 Å². The molecule has 0 saturated heterocycles. The number of esters is 1. The molecule has 164 valence electrons. The zero-order valence-electron chi connectivity index (χ0n) is 17.6. The van der Waals surface area contributed by atoms with Gasteiger partial charge in [-0.1, -0.05) is 12.1 Å². The van der Waals surface area contributed by atoms with Crippen molar-refractivity contribution in [2.24, 2.45) is 11.5 Å². The molecular weight excluding hydrogens is 386 g/mol. The maximum atomic E-state index is 11.6. The number of aliphatic hydroxyl groups excluding tert-OH is 1. The molecule has 9 nitrogen and oxygen atoms in total. The fourth-order valence-corrected chi connectivity index (χ4v) is 2.72. The highest BCUT2D eigenvalue weighted by Crippen LogP contribution is 2.31. The highest BCUT2D eigenvalue weighted by Gasteiger charge is 2.15. The fourth-order valence-electron chi connectivity index (χ4n) is 2.72. The van der Waals surface area contributed by atoms with Gasteiger partial charge in [-0.15, -0.1) is 0 Å². The van der Waals surface area contributed by atoms with E-state index < -0.39 is 6.10 Å². The van der Waals surface area contributed by atoms with E-state index in [2.05, 4.69) is 10.6 Å². The van der Waals surface area contributed by atoms with Crippen LogP contribution in [0.15, 0.2) is 30.3 Å². The lowest BCUT2D eigenvalue weighted by Gasteiger charge is -2.19. The van der Waals surface area contributed by atoms with Gasteiger partial charge in [0.25, 0.3) is 0 Å². The van der Waals surface area contributed by atoms with Crippen LogP contribution in [-0.4, -0.2) is 55.0 Å². The van der Waals surface area contributed by atoms with Gasteiger partial charge in [0.1, 0.15) is 30.8 Å². The maximum Gasteiger partial charge on any atom is 0.325 e. The summed E-state index contributed by atoms with van der Waals surface area (Å²) in [6.45, 7) is 4.49. The number of aliphatic hydroxyl groups is 1. The Morgan fingerprint density at radius 1 is 1.27 bits per heavy atom. The Labute approximate surface area is 176 Å². The first-order chi connectivity index (χ1) is 14.4. The molecule has 0 fully saturated rings. The van der Waals surface area contributed by atoms with E-state index in [4.69, 9.17) is 25.9 Å². The number of hydrogen-bond donors (Lipinski definition) is 5. The zero-order valence-corrected chi connectivity index (χ0v) is 17.6. The number of nitrogens with two attached hydrogens (primary N) is 2. The fraction of sp³-hybridized carbons (Fsp3) is 0.429. The molecule has 0 aliphatic carbocycles. The highest BCUT2D eigenvalue weighted by atomic mass is 16.5. The Morgan fingerprint density at radius 2 is 2.03 bits per heavy atom. The van der Waals surface area contributed by atoms with Crippen LogP contribution in [0.3, 0.4) is 0 Å². The SMILES string of the molecule is COC(=O)CNc1cc(-c2cccc(OCC(O)CN)c2)nc(NC(C)C)c1CN. The molecule has 0 spiro atoms. The summed E-state index contributed by atoms with van der Waals surface area (Å²) in [6, 6.07) is 9.35. The minimum absolute atomic E-state index is 0.00813. The van der Waals surface area contributed by atoms with Crippen molar-refractivity contribution >= 4 is 17.5 Å². The predicted molar refractivity (Wildman–Crippen MR) is 117 cm³/mol. The number of anilines is 2. The van der Waals surface area contributed by atoms with E-state index in [1.807, 2.05) is 38.1 Å². The Hall–Kier alpha value is -2.88. The van der Waals surface area contributed by atoms with Crippen LogP contribution in [0.5, 0.6) is 5.75 Å². The molecule has 0 bridgehead atoms. The number of nitrogens with one attached hydrogen (secondary N) is 2. The van der Waals surface area contributed by atoms with Gasteiger partial charge in [0, 0.05) is 35.9 Å². The van der Waals surface area contributed by atoms with Crippen LogP contribution in [-0.2, 0) is 16.1 Å². The topological polar surface area (TPSA) is 145 Å². The Balaban J connectivity index is 2.41. The molecular formula is C21H31N5O4. The lowest BCUT2D eigenvalue weighted by Crippen LogP contribution is -2.26. The van der Waals surface area contributed by atoms with Crippen LogP contribution in [0.4, 0.5) is 11.5 Å². The number of benzene rings is 1. The van der Waals surface area contributed by atoms with Gasteiger partial charge in [-0.05, 0) is 32.0 Å². The summed E-state index contributed by atoms with van der Waals surface area (Å²) in [5.74, 6) is 0.845. The van der Waals surface area contributed by atoms with Gasteiger partial charge in [0.2, 0.25) is 0 Å². The van der Waals surface area contributed by atoms with Crippen molar-refractivity contribution in [2.45, 2.75) is 32.5 Å². The molecule has 30 heavy (non-hydrogen) atoms. The van der Waals surface area contributed by atoms with E-state index in [1.165, 1.54) is 7.11 Å². The third-order valence-electron chi connectivity index (χ3n) is 4.25. The zero-order chi connectivity index (χ0) is 22.1. The molecule has 7 N–H and O–H groups in total. The number of nitrogens with zero attached hydrogens (tertiary/aromatic N) is 1.